The average Bonchev–Trinajstić information content (AvgIpc) is 2.33. The zero-order chi connectivity index (χ0) is 13.1. The van der Waals surface area contributed by atoms with Gasteiger partial charge < -0.3 is 4.90 Å². The second-order valence-electron chi connectivity index (χ2n) is 5.87. The van der Waals surface area contributed by atoms with Crippen LogP contribution >= 0.6 is 0 Å². The second kappa shape index (κ2) is 5.41. The van der Waals surface area contributed by atoms with Gasteiger partial charge in [-0.25, -0.2) is 0 Å². The van der Waals surface area contributed by atoms with Crippen LogP contribution in [0.3, 0.4) is 0 Å². The van der Waals surface area contributed by atoms with Gasteiger partial charge in [0.05, 0.1) is 11.0 Å². The van der Waals surface area contributed by atoms with E-state index in [0.29, 0.717) is 5.91 Å². The summed E-state index contributed by atoms with van der Waals surface area (Å²) in [5.41, 5.74) is -0.0173. The predicted molar refractivity (Wildman–Crippen MR) is 72.9 cm³/mol. The normalized spacial score (nSPS) is 32.8. The van der Waals surface area contributed by atoms with Crippen molar-refractivity contribution in [2.24, 2.45) is 5.41 Å². The van der Waals surface area contributed by atoms with Crippen LogP contribution in [0.5, 0.6) is 0 Å². The van der Waals surface area contributed by atoms with Gasteiger partial charge in [-0.15, -0.1) is 0 Å². The van der Waals surface area contributed by atoms with Crippen LogP contribution in [0.2, 0.25) is 0 Å². The highest BCUT2D eigenvalue weighted by Crippen LogP contribution is 2.52. The highest BCUT2D eigenvalue weighted by atomic mass is 16.2. The number of rotatable bonds is 7. The Morgan fingerprint density at radius 2 is 1.71 bits per heavy atom. The summed E-state index contributed by atoms with van der Waals surface area (Å²) in [5, 5.41) is 0. The van der Waals surface area contributed by atoms with E-state index < -0.39 is 0 Å². The topological polar surface area (TPSA) is 20.3 Å². The lowest BCUT2D eigenvalue weighted by Gasteiger charge is -2.63. The highest BCUT2D eigenvalue weighted by molar-refractivity contribution is 5.91. The minimum absolute atomic E-state index is 0.0985. The van der Waals surface area contributed by atoms with Crippen molar-refractivity contribution in [3.05, 3.63) is 0 Å². The Kier molecular flexibility index (Phi) is 4.62. The first-order valence-electron chi connectivity index (χ1n) is 7.30. The molecule has 0 N–H and O–H groups in total. The van der Waals surface area contributed by atoms with Crippen LogP contribution in [0.4, 0.5) is 0 Å². The molecule has 1 aliphatic rings. The standard InChI is InChI=1S/C15H29NO/c1-6-9-10-12-16-13(17)14(4,8-3)15(16,5)11-7-2/h6-12H2,1-5H3. The van der Waals surface area contributed by atoms with Crippen LogP contribution < -0.4 is 0 Å². The summed E-state index contributed by atoms with van der Waals surface area (Å²) in [5.74, 6) is 0.382. The summed E-state index contributed by atoms with van der Waals surface area (Å²) in [4.78, 5) is 14.5. The first kappa shape index (κ1) is 14.5. The van der Waals surface area contributed by atoms with Crippen molar-refractivity contribution in [2.75, 3.05) is 6.54 Å². The van der Waals surface area contributed by atoms with E-state index in [1.165, 1.54) is 12.8 Å². The molecule has 1 fully saturated rings. The van der Waals surface area contributed by atoms with Gasteiger partial charge in [0.15, 0.2) is 0 Å². The van der Waals surface area contributed by atoms with E-state index in [4.69, 9.17) is 0 Å². The Hall–Kier alpha value is -0.530. The SMILES string of the molecule is CCCCCN1C(=O)C(C)(CC)C1(C)CCC. The van der Waals surface area contributed by atoms with Crippen LogP contribution in [-0.4, -0.2) is 22.9 Å². The molecule has 1 rings (SSSR count). The Balaban J connectivity index is 2.74. The monoisotopic (exact) mass is 239 g/mol. The fraction of sp³-hybridized carbons (Fsp3) is 0.933. The lowest BCUT2D eigenvalue weighted by molar-refractivity contribution is -0.191. The van der Waals surface area contributed by atoms with E-state index in [1.807, 2.05) is 0 Å². The number of hydrogen-bond donors (Lipinski definition) is 0. The number of unbranched alkanes of at least 4 members (excludes halogenated alkanes) is 2. The molecular formula is C15H29NO. The molecule has 2 heteroatoms. The molecule has 17 heavy (non-hydrogen) atoms. The molecule has 0 aromatic heterocycles. The maximum absolute atomic E-state index is 12.3. The first-order chi connectivity index (χ1) is 7.97. The largest absolute Gasteiger partial charge is 0.336 e. The molecule has 0 radical (unpaired) electrons. The molecule has 0 spiro atoms. The van der Waals surface area contributed by atoms with Crippen molar-refractivity contribution in [1.29, 1.82) is 0 Å². The number of β-lactam (4-membered cyclic amide) rings is 1. The van der Waals surface area contributed by atoms with Crippen LogP contribution in [0.1, 0.15) is 73.1 Å². The summed E-state index contributed by atoms with van der Waals surface area (Å²) in [6.45, 7) is 12.0. The minimum atomic E-state index is -0.116. The van der Waals surface area contributed by atoms with Crippen LogP contribution in [-0.2, 0) is 4.79 Å². The van der Waals surface area contributed by atoms with Crippen molar-refractivity contribution in [2.45, 2.75) is 78.7 Å². The number of hydrogen-bond acceptors (Lipinski definition) is 1. The fourth-order valence-electron chi connectivity index (χ4n) is 3.30. The van der Waals surface area contributed by atoms with Gasteiger partial charge in [0.1, 0.15) is 0 Å². The maximum atomic E-state index is 12.3. The predicted octanol–water partition coefficient (Wildman–Crippen LogP) is 3.99. The van der Waals surface area contributed by atoms with Crippen molar-refractivity contribution in [3.8, 4) is 0 Å². The van der Waals surface area contributed by atoms with Crippen molar-refractivity contribution in [1.82, 2.24) is 4.90 Å². The van der Waals surface area contributed by atoms with Gasteiger partial charge in [-0.2, -0.15) is 0 Å². The Bertz CT molecular complexity index is 276. The van der Waals surface area contributed by atoms with Gasteiger partial charge in [0.25, 0.3) is 0 Å². The van der Waals surface area contributed by atoms with Gasteiger partial charge in [0, 0.05) is 6.54 Å². The molecule has 0 aromatic carbocycles. The van der Waals surface area contributed by atoms with Crippen LogP contribution in [0, 0.1) is 5.41 Å². The van der Waals surface area contributed by atoms with Gasteiger partial charge in [-0.1, -0.05) is 40.0 Å². The zero-order valence-electron chi connectivity index (χ0n) is 12.3. The summed E-state index contributed by atoms with van der Waals surface area (Å²) in [6.07, 6.45) is 6.86. The number of likely N-dealkylation sites (tertiary alicyclic amines) is 1. The third-order valence-electron chi connectivity index (χ3n) is 4.93. The molecule has 2 unspecified atom stereocenters. The molecule has 1 aliphatic heterocycles. The molecule has 0 bridgehead atoms. The molecule has 0 saturated carbocycles. The van der Waals surface area contributed by atoms with E-state index in [9.17, 15) is 4.79 Å². The summed E-state index contributed by atoms with van der Waals surface area (Å²) in [7, 11) is 0. The number of amides is 1. The van der Waals surface area contributed by atoms with Crippen molar-refractivity contribution < 1.29 is 4.79 Å². The van der Waals surface area contributed by atoms with E-state index >= 15 is 0 Å². The molecule has 0 aliphatic carbocycles. The Labute approximate surface area is 107 Å². The average molecular weight is 239 g/mol. The van der Waals surface area contributed by atoms with E-state index in [1.54, 1.807) is 0 Å². The van der Waals surface area contributed by atoms with E-state index in [0.717, 1.165) is 32.2 Å². The third kappa shape index (κ3) is 2.11. The molecule has 2 nitrogen and oxygen atoms in total. The van der Waals surface area contributed by atoms with Gasteiger partial charge in [0.2, 0.25) is 5.91 Å². The number of nitrogens with zero attached hydrogens (tertiary/aromatic N) is 1. The van der Waals surface area contributed by atoms with Crippen LogP contribution in [0.15, 0.2) is 0 Å². The molecule has 2 atom stereocenters. The quantitative estimate of drug-likeness (QED) is 0.486. The zero-order valence-corrected chi connectivity index (χ0v) is 12.3. The molecule has 0 aromatic rings. The summed E-state index contributed by atoms with van der Waals surface area (Å²) < 4.78 is 0. The third-order valence-corrected chi connectivity index (χ3v) is 4.93. The molecule has 1 heterocycles. The number of carbonyl (C=O) groups excluding carboxylic acids is 1. The van der Waals surface area contributed by atoms with Gasteiger partial charge in [-0.05, 0) is 33.1 Å². The lowest BCUT2D eigenvalue weighted by atomic mass is 9.59. The summed E-state index contributed by atoms with van der Waals surface area (Å²) >= 11 is 0. The van der Waals surface area contributed by atoms with Crippen LogP contribution in [0.25, 0.3) is 0 Å². The highest BCUT2D eigenvalue weighted by Gasteiger charge is 2.63. The molecule has 1 amide bonds. The second-order valence-corrected chi connectivity index (χ2v) is 5.87. The Morgan fingerprint density at radius 3 is 2.18 bits per heavy atom. The smallest absolute Gasteiger partial charge is 0.231 e. The lowest BCUT2D eigenvalue weighted by Crippen LogP contribution is -2.75. The molecule has 1 saturated heterocycles. The summed E-state index contributed by atoms with van der Waals surface area (Å²) in [6, 6.07) is 0. The number of carbonyl (C=O) groups is 1. The van der Waals surface area contributed by atoms with Crippen molar-refractivity contribution in [3.63, 3.8) is 0 Å². The van der Waals surface area contributed by atoms with Gasteiger partial charge in [-0.3, -0.25) is 4.79 Å². The minimum Gasteiger partial charge on any atom is -0.336 e. The molecular weight excluding hydrogens is 210 g/mol. The van der Waals surface area contributed by atoms with Gasteiger partial charge >= 0.3 is 0 Å². The molecule has 100 valence electrons. The van der Waals surface area contributed by atoms with E-state index in [2.05, 4.69) is 39.5 Å². The van der Waals surface area contributed by atoms with E-state index in [-0.39, 0.29) is 11.0 Å². The Morgan fingerprint density at radius 1 is 1.06 bits per heavy atom. The van der Waals surface area contributed by atoms with Crippen molar-refractivity contribution >= 4 is 5.91 Å². The first-order valence-corrected chi connectivity index (χ1v) is 7.30. The fourth-order valence-corrected chi connectivity index (χ4v) is 3.30. The maximum Gasteiger partial charge on any atom is 0.231 e.